The molecule has 14 aromatic rings. The van der Waals surface area contributed by atoms with Crippen molar-refractivity contribution in [2.45, 2.75) is 64.7 Å². The van der Waals surface area contributed by atoms with Crippen molar-refractivity contribution in [3.63, 3.8) is 0 Å². The van der Waals surface area contributed by atoms with E-state index in [1.54, 1.807) is 55.5 Å². The van der Waals surface area contributed by atoms with E-state index < -0.39 is 46.8 Å². The number of carbonyl (C=O) groups excluding carboxylic acids is 2. The Morgan fingerprint density at radius 3 is 0.894 bits per heavy atom. The number of halogens is 8. The molecule has 0 radical (unpaired) electrons. The molecular formula is C93H60Cl2F6N12O10. The highest BCUT2D eigenvalue weighted by Crippen LogP contribution is 2.38. The molecule has 8 aromatic carbocycles. The second-order valence-corrected chi connectivity index (χ2v) is 26.7. The molecule has 0 bridgehead atoms. The van der Waals surface area contributed by atoms with E-state index in [9.17, 15) is 35.9 Å². The lowest BCUT2D eigenvalue weighted by atomic mass is 10.0. The van der Waals surface area contributed by atoms with E-state index in [1.165, 1.54) is 103 Å². The standard InChI is InChI=1S/C50H33F3N6O7.C43H27Cl2F3N6O3/c1-4-7-14-31-25-34(18-21-40(31)51)45-54-48(64-57-45)37-28-38(49-55-46(58-65-49)35-19-22-41(52)32(26-35)15-10-8-12-17-44(61)62-6-3)30-39(29-37)50-56-47(59-66-50)36-20-23-42(53)33(27-36)16-11-9-13-24-63-43(60)5-2;1-2-9-26-20-29(12-15-35(26)46)38-49-41(55-52-38)32-23-33(42-50-39(53-56-42)30-13-16-36(47)27(21-30)10-5-3-7-18-44)25-34(24-32)43-51-40(54-57-43)31-14-17-37(48)28(22-31)11-6-4-8-19-45/h4-6,18-23,25-30H,1-3,8-9,12-13,17,24H2;12-17,20-25H,3-4,7-8,18-19H2,1H3. The number of esters is 2. The van der Waals surface area contributed by atoms with Crippen molar-refractivity contribution in [2.75, 3.05) is 18.4 Å². The summed E-state index contributed by atoms with van der Waals surface area (Å²) < 4.78 is 131. The fraction of sp³-hybridized carbons (Fsp3) is 0.140. The van der Waals surface area contributed by atoms with Gasteiger partial charge in [-0.2, -0.15) is 29.9 Å². The van der Waals surface area contributed by atoms with Crippen molar-refractivity contribution >= 4 is 35.1 Å². The van der Waals surface area contributed by atoms with Crippen LogP contribution in [0.2, 0.25) is 0 Å². The minimum atomic E-state index is -0.566. The van der Waals surface area contributed by atoms with Crippen LogP contribution in [0.5, 0.6) is 0 Å². The molecule has 0 saturated heterocycles. The fourth-order valence-electron chi connectivity index (χ4n) is 11.4. The molecule has 0 fully saturated rings. The van der Waals surface area contributed by atoms with Crippen LogP contribution in [0.1, 0.15) is 98.1 Å². The third-order valence-electron chi connectivity index (χ3n) is 17.3. The van der Waals surface area contributed by atoms with E-state index in [0.717, 1.165) is 12.3 Å². The molecule has 0 N–H and O–H groups in total. The molecule has 0 aliphatic heterocycles. The van der Waals surface area contributed by atoms with Gasteiger partial charge >= 0.3 is 11.9 Å². The van der Waals surface area contributed by atoms with Crippen LogP contribution in [0.3, 0.4) is 0 Å². The smallest absolute Gasteiger partial charge is 0.330 e. The van der Waals surface area contributed by atoms with E-state index in [4.69, 9.17) is 59.8 Å². The molecule has 0 aliphatic rings. The minimum absolute atomic E-state index is 0.0283. The number of aromatic nitrogens is 12. The molecule has 0 atom stereocenters. The summed E-state index contributed by atoms with van der Waals surface area (Å²) in [6, 6.07) is 35.6. The lowest BCUT2D eigenvalue weighted by molar-refractivity contribution is -0.138. The first-order valence-corrected chi connectivity index (χ1v) is 38.4. The van der Waals surface area contributed by atoms with Crippen LogP contribution in [-0.4, -0.2) is 91.1 Å². The normalized spacial score (nSPS) is 10.5. The Morgan fingerprint density at radius 2 is 0.634 bits per heavy atom. The SMILES string of the molecule is C=CC#Cc1cc(-c2noc(-c3cc(-c4nc(-c5ccc(F)c(C#CCCCOC(=O)C=C)c5)no4)cc(-c4nc(-c5ccc(F)c(C#CCCCC(=O)OC=C)c5)no4)c3)n2)ccc1F.CC#Cc1cc(-c2noc(-c3cc(-c4nc(-c5ccc(F)c(C#CCCCCl)c5)no4)cc(-c4nc(-c5ccc(F)c(C#CCCCCl)c5)no4)c3)n2)ccc1F. The molecular weight excluding hydrogens is 1630 g/mol. The van der Waals surface area contributed by atoms with Gasteiger partial charge in [0.2, 0.25) is 34.9 Å². The van der Waals surface area contributed by atoms with Gasteiger partial charge in [0.05, 0.1) is 46.2 Å². The minimum Gasteiger partial charge on any atom is -0.463 e. The molecule has 0 saturated carbocycles. The number of unbranched alkanes of at least 4 members (excludes halogenated alkanes) is 4. The maximum Gasteiger partial charge on any atom is 0.330 e. The number of allylic oxidation sites excluding steroid dienone is 1. The third-order valence-corrected chi connectivity index (χ3v) is 17.9. The number of hydrogen-bond acceptors (Lipinski definition) is 22. The van der Waals surface area contributed by atoms with Crippen LogP contribution in [0.4, 0.5) is 26.3 Å². The summed E-state index contributed by atoms with van der Waals surface area (Å²) >= 11 is 11.5. The van der Waals surface area contributed by atoms with E-state index in [2.05, 4.69) is 152 Å². The van der Waals surface area contributed by atoms with Gasteiger partial charge < -0.3 is 36.6 Å². The van der Waals surface area contributed by atoms with Crippen molar-refractivity contribution < 1.29 is 72.5 Å². The van der Waals surface area contributed by atoms with Crippen molar-refractivity contribution in [1.29, 1.82) is 0 Å². The summed E-state index contributed by atoms with van der Waals surface area (Å²) in [5.74, 6) is 31.6. The first-order valence-electron chi connectivity index (χ1n) is 37.3. The van der Waals surface area contributed by atoms with Gasteiger partial charge in [-0.05, 0) is 184 Å². The van der Waals surface area contributed by atoms with Crippen LogP contribution in [0.15, 0.2) is 211 Å². The first kappa shape index (κ1) is 85.2. The van der Waals surface area contributed by atoms with E-state index in [-0.39, 0.29) is 117 Å². The highest BCUT2D eigenvalue weighted by atomic mass is 35.5. The first-order chi connectivity index (χ1) is 59.9. The number of carbonyl (C=O) groups is 2. The van der Waals surface area contributed by atoms with Gasteiger partial charge in [0.1, 0.15) is 34.9 Å². The number of benzene rings is 8. The molecule has 14 rings (SSSR count). The summed E-state index contributed by atoms with van der Waals surface area (Å²) in [6.45, 7) is 12.0. The lowest BCUT2D eigenvalue weighted by Gasteiger charge is -2.03. The number of alkyl halides is 2. The topological polar surface area (TPSA) is 286 Å². The monoisotopic (exact) mass is 1690 g/mol. The van der Waals surface area contributed by atoms with E-state index in [1.807, 2.05) is 0 Å². The van der Waals surface area contributed by atoms with Crippen LogP contribution >= 0.6 is 23.2 Å². The zero-order chi connectivity index (χ0) is 86.1. The van der Waals surface area contributed by atoms with Crippen LogP contribution in [0.25, 0.3) is 137 Å². The van der Waals surface area contributed by atoms with Gasteiger partial charge in [-0.15, -0.1) is 29.1 Å². The average Bonchev–Trinajstić information content (AvgIpc) is 1.66. The largest absolute Gasteiger partial charge is 0.463 e. The second-order valence-electron chi connectivity index (χ2n) is 25.9. The number of rotatable bonds is 24. The molecule has 6 heterocycles. The van der Waals surface area contributed by atoms with Gasteiger partial charge in [0.25, 0.3) is 35.3 Å². The highest BCUT2D eigenvalue weighted by Gasteiger charge is 2.25. The Balaban J connectivity index is 0.000000214. The molecule has 22 nitrogen and oxygen atoms in total. The molecule has 123 heavy (non-hydrogen) atoms. The van der Waals surface area contributed by atoms with Crippen molar-refractivity contribution in [1.82, 2.24) is 60.8 Å². The van der Waals surface area contributed by atoms with Crippen LogP contribution < -0.4 is 0 Å². The summed E-state index contributed by atoms with van der Waals surface area (Å²) in [6.07, 6.45) is 7.52. The van der Waals surface area contributed by atoms with Gasteiger partial charge in [0, 0.05) is 117 Å². The second kappa shape index (κ2) is 41.1. The number of hydrogen-bond donors (Lipinski definition) is 0. The highest BCUT2D eigenvalue weighted by molar-refractivity contribution is 6.18. The molecule has 0 amide bonds. The predicted molar refractivity (Wildman–Crippen MR) is 443 cm³/mol. The third kappa shape index (κ3) is 22.0. The Hall–Kier alpha value is -15.7. The zero-order valence-corrected chi connectivity index (χ0v) is 66.2. The quantitative estimate of drug-likeness (QED) is 0.0103. The molecule has 0 spiro atoms. The number of ether oxygens (including phenoxy) is 2. The lowest BCUT2D eigenvalue weighted by Crippen LogP contribution is -2.01. The van der Waals surface area contributed by atoms with Gasteiger partial charge in [-0.3, -0.25) is 4.79 Å². The van der Waals surface area contributed by atoms with Crippen molar-refractivity contribution in [3.05, 3.63) is 252 Å². The number of nitrogens with zero attached hydrogens (tertiary/aromatic N) is 12. The predicted octanol–water partition coefficient (Wildman–Crippen LogP) is 20.2. The van der Waals surface area contributed by atoms with E-state index >= 15 is 0 Å². The van der Waals surface area contributed by atoms with Crippen LogP contribution in [0, 0.1) is 106 Å². The van der Waals surface area contributed by atoms with E-state index in [0.29, 0.717) is 130 Å². The van der Waals surface area contributed by atoms with Crippen molar-refractivity contribution in [2.24, 2.45) is 0 Å². The molecule has 0 unspecified atom stereocenters. The molecule has 6 aromatic heterocycles. The molecule has 608 valence electrons. The summed E-state index contributed by atoms with van der Waals surface area (Å²) in [4.78, 5) is 50.3. The average molecular weight is 1690 g/mol. The van der Waals surface area contributed by atoms with Gasteiger partial charge in [0.15, 0.2) is 0 Å². The van der Waals surface area contributed by atoms with Crippen LogP contribution in [-0.2, 0) is 19.1 Å². The zero-order valence-electron chi connectivity index (χ0n) is 64.7. The maximum atomic E-state index is 14.8. The Morgan fingerprint density at radius 1 is 0.366 bits per heavy atom. The van der Waals surface area contributed by atoms with Crippen molar-refractivity contribution in [3.8, 4) is 208 Å². The Kier molecular flexibility index (Phi) is 28.5. The summed E-state index contributed by atoms with van der Waals surface area (Å²) in [5, 5.41) is 24.8. The molecule has 0 aliphatic carbocycles. The van der Waals surface area contributed by atoms with Gasteiger partial charge in [-0.25, -0.2) is 31.1 Å². The summed E-state index contributed by atoms with van der Waals surface area (Å²) in [7, 11) is 0. The summed E-state index contributed by atoms with van der Waals surface area (Å²) in [5.41, 5.74) is 5.75. The Bertz CT molecular complexity index is 6640. The molecule has 30 heteroatoms. The fourth-order valence-corrected chi connectivity index (χ4v) is 11.6. The maximum absolute atomic E-state index is 14.8. The van der Waals surface area contributed by atoms with Gasteiger partial charge in [-0.1, -0.05) is 116 Å². The Labute approximate surface area is 707 Å².